The molecule has 0 spiro atoms. The fourth-order valence-electron chi connectivity index (χ4n) is 2.35. The fraction of sp³-hybridized carbons (Fsp3) is 0.625. The first-order chi connectivity index (χ1) is 10.1. The first-order valence-corrected chi connectivity index (χ1v) is 7.70. The minimum atomic E-state index is 0.0850. The summed E-state index contributed by atoms with van der Waals surface area (Å²) < 4.78 is 0. The zero-order chi connectivity index (χ0) is 15.7. The Morgan fingerprint density at radius 1 is 1.33 bits per heavy atom. The molecule has 0 radical (unpaired) electrons. The van der Waals surface area contributed by atoms with E-state index in [0.29, 0.717) is 13.0 Å². The Kier molecular flexibility index (Phi) is 7.93. The minimum absolute atomic E-state index is 0.0850. The van der Waals surface area contributed by atoms with Crippen LogP contribution >= 0.6 is 0 Å². The van der Waals surface area contributed by atoms with Crippen molar-refractivity contribution in [1.82, 2.24) is 14.8 Å². The van der Waals surface area contributed by atoms with Gasteiger partial charge in [0.2, 0.25) is 5.91 Å². The summed E-state index contributed by atoms with van der Waals surface area (Å²) in [7, 11) is 2.02. The molecule has 1 aromatic rings. The molecule has 1 rings (SSSR count). The average molecular weight is 292 g/mol. The Hall–Kier alpha value is -1.46. The van der Waals surface area contributed by atoms with E-state index in [1.54, 1.807) is 6.20 Å². The van der Waals surface area contributed by atoms with Gasteiger partial charge < -0.3 is 15.5 Å². The van der Waals surface area contributed by atoms with Gasteiger partial charge in [0.1, 0.15) is 0 Å². The number of carbonyl (C=O) groups is 1. The molecule has 0 aliphatic heterocycles. The number of amides is 1. The third kappa shape index (κ3) is 5.81. The molecule has 5 heteroatoms. The van der Waals surface area contributed by atoms with Gasteiger partial charge in [0.15, 0.2) is 0 Å². The van der Waals surface area contributed by atoms with Crippen molar-refractivity contribution < 1.29 is 4.79 Å². The van der Waals surface area contributed by atoms with E-state index in [0.717, 1.165) is 31.7 Å². The highest BCUT2D eigenvalue weighted by molar-refractivity contribution is 5.76. The first kappa shape index (κ1) is 17.6. The third-order valence-corrected chi connectivity index (χ3v) is 3.87. The van der Waals surface area contributed by atoms with E-state index >= 15 is 0 Å². The molecule has 0 bridgehead atoms. The van der Waals surface area contributed by atoms with E-state index in [1.807, 2.05) is 44.0 Å². The highest BCUT2D eigenvalue weighted by atomic mass is 16.2. The van der Waals surface area contributed by atoms with Gasteiger partial charge in [-0.2, -0.15) is 0 Å². The number of hydrogen-bond donors (Lipinski definition) is 1. The Bertz CT molecular complexity index is 406. The van der Waals surface area contributed by atoms with Gasteiger partial charge in [-0.25, -0.2) is 0 Å². The zero-order valence-corrected chi connectivity index (χ0v) is 13.5. The molecule has 0 saturated heterocycles. The highest BCUT2D eigenvalue weighted by Crippen LogP contribution is 2.06. The standard InChI is InChI=1S/C16H28N4O/c1-4-20(5-2)16(21)12-15(13-17)19(3)11-9-14-8-6-7-10-18-14/h6-8,10,15H,4-5,9,11-13,17H2,1-3H3. The Labute approximate surface area is 128 Å². The molecule has 1 heterocycles. The Morgan fingerprint density at radius 2 is 2.05 bits per heavy atom. The smallest absolute Gasteiger partial charge is 0.224 e. The van der Waals surface area contributed by atoms with Gasteiger partial charge >= 0.3 is 0 Å². The summed E-state index contributed by atoms with van der Waals surface area (Å²) >= 11 is 0. The van der Waals surface area contributed by atoms with E-state index in [4.69, 9.17) is 5.73 Å². The van der Waals surface area contributed by atoms with Crippen LogP contribution in [-0.4, -0.2) is 60.0 Å². The lowest BCUT2D eigenvalue weighted by molar-refractivity contribution is -0.132. The second kappa shape index (κ2) is 9.47. The molecular formula is C16H28N4O. The number of likely N-dealkylation sites (N-methyl/N-ethyl adjacent to an activating group) is 1. The molecule has 0 aliphatic carbocycles. The summed E-state index contributed by atoms with van der Waals surface area (Å²) in [6, 6.07) is 6.01. The molecule has 1 aromatic heterocycles. The number of rotatable bonds is 9. The Balaban J connectivity index is 2.49. The van der Waals surface area contributed by atoms with Gasteiger partial charge in [-0.1, -0.05) is 6.07 Å². The van der Waals surface area contributed by atoms with Gasteiger partial charge in [-0.05, 0) is 33.0 Å². The number of aromatic nitrogens is 1. The SMILES string of the molecule is CCN(CC)C(=O)CC(CN)N(C)CCc1ccccn1. The minimum Gasteiger partial charge on any atom is -0.343 e. The normalized spacial score (nSPS) is 12.4. The van der Waals surface area contributed by atoms with E-state index < -0.39 is 0 Å². The fourth-order valence-corrected chi connectivity index (χ4v) is 2.35. The highest BCUT2D eigenvalue weighted by Gasteiger charge is 2.19. The Morgan fingerprint density at radius 3 is 2.57 bits per heavy atom. The van der Waals surface area contributed by atoms with Crippen LogP contribution in [0.25, 0.3) is 0 Å². The first-order valence-electron chi connectivity index (χ1n) is 7.70. The molecular weight excluding hydrogens is 264 g/mol. The van der Waals surface area contributed by atoms with Crippen LogP contribution in [0.15, 0.2) is 24.4 Å². The van der Waals surface area contributed by atoms with E-state index in [2.05, 4.69) is 9.88 Å². The molecule has 0 aliphatic rings. The summed E-state index contributed by atoms with van der Waals surface area (Å²) in [5.41, 5.74) is 6.91. The second-order valence-electron chi connectivity index (χ2n) is 5.21. The number of carbonyl (C=O) groups excluding carboxylic acids is 1. The van der Waals surface area contributed by atoms with Crippen molar-refractivity contribution in [1.29, 1.82) is 0 Å². The summed E-state index contributed by atoms with van der Waals surface area (Å²) in [5.74, 6) is 0.181. The lowest BCUT2D eigenvalue weighted by Gasteiger charge is -2.28. The summed E-state index contributed by atoms with van der Waals surface area (Å²) in [5, 5.41) is 0. The van der Waals surface area contributed by atoms with E-state index in [-0.39, 0.29) is 11.9 Å². The predicted octanol–water partition coefficient (Wildman–Crippen LogP) is 1.14. The number of pyridine rings is 1. The van der Waals surface area contributed by atoms with Gasteiger partial charge in [0.05, 0.1) is 0 Å². The summed E-state index contributed by atoms with van der Waals surface area (Å²) in [4.78, 5) is 20.5. The van der Waals surface area contributed by atoms with Crippen molar-refractivity contribution in [2.75, 3.05) is 33.2 Å². The predicted molar refractivity (Wildman–Crippen MR) is 86.0 cm³/mol. The molecule has 0 aromatic carbocycles. The van der Waals surface area contributed by atoms with Crippen molar-refractivity contribution in [2.24, 2.45) is 5.73 Å². The van der Waals surface area contributed by atoms with Gasteiger partial charge in [-0.3, -0.25) is 9.78 Å². The number of nitrogens with zero attached hydrogens (tertiary/aromatic N) is 3. The number of hydrogen-bond acceptors (Lipinski definition) is 4. The van der Waals surface area contributed by atoms with Crippen LogP contribution in [0.4, 0.5) is 0 Å². The van der Waals surface area contributed by atoms with Gasteiger partial charge in [0.25, 0.3) is 0 Å². The molecule has 0 fully saturated rings. The van der Waals surface area contributed by atoms with Gasteiger partial charge in [0, 0.05) is 57.0 Å². The maximum atomic E-state index is 12.2. The lowest BCUT2D eigenvalue weighted by atomic mass is 10.1. The van der Waals surface area contributed by atoms with Crippen LogP contribution in [0.2, 0.25) is 0 Å². The molecule has 1 amide bonds. The largest absolute Gasteiger partial charge is 0.343 e. The molecule has 0 saturated carbocycles. The molecule has 118 valence electrons. The topological polar surface area (TPSA) is 62.5 Å². The number of nitrogens with two attached hydrogens (primary N) is 1. The van der Waals surface area contributed by atoms with E-state index in [1.165, 1.54) is 0 Å². The summed E-state index contributed by atoms with van der Waals surface area (Å²) in [6.45, 7) is 6.86. The molecule has 1 unspecified atom stereocenters. The third-order valence-electron chi connectivity index (χ3n) is 3.87. The van der Waals surface area contributed by atoms with Gasteiger partial charge in [-0.15, -0.1) is 0 Å². The van der Waals surface area contributed by atoms with Crippen LogP contribution in [0.3, 0.4) is 0 Å². The van der Waals surface area contributed by atoms with Crippen molar-refractivity contribution in [2.45, 2.75) is 32.7 Å². The molecule has 21 heavy (non-hydrogen) atoms. The monoisotopic (exact) mass is 292 g/mol. The van der Waals surface area contributed by atoms with Crippen molar-refractivity contribution in [3.63, 3.8) is 0 Å². The molecule has 1 atom stereocenters. The second-order valence-corrected chi connectivity index (χ2v) is 5.21. The van der Waals surface area contributed by atoms with Crippen LogP contribution < -0.4 is 5.73 Å². The van der Waals surface area contributed by atoms with Crippen LogP contribution in [0, 0.1) is 0 Å². The zero-order valence-electron chi connectivity index (χ0n) is 13.5. The quantitative estimate of drug-likeness (QED) is 0.741. The van der Waals surface area contributed by atoms with Crippen LogP contribution in [0.1, 0.15) is 26.0 Å². The average Bonchev–Trinajstić information content (AvgIpc) is 2.52. The van der Waals surface area contributed by atoms with Crippen molar-refractivity contribution in [3.05, 3.63) is 30.1 Å². The van der Waals surface area contributed by atoms with Crippen LogP contribution in [-0.2, 0) is 11.2 Å². The summed E-state index contributed by atoms with van der Waals surface area (Å²) in [6.07, 6.45) is 3.16. The van der Waals surface area contributed by atoms with Crippen molar-refractivity contribution in [3.8, 4) is 0 Å². The van der Waals surface area contributed by atoms with Crippen molar-refractivity contribution >= 4 is 5.91 Å². The van der Waals surface area contributed by atoms with Crippen LogP contribution in [0.5, 0.6) is 0 Å². The van der Waals surface area contributed by atoms with E-state index in [9.17, 15) is 4.79 Å². The maximum absolute atomic E-state index is 12.2. The molecule has 2 N–H and O–H groups in total. The molecule has 5 nitrogen and oxygen atoms in total. The maximum Gasteiger partial charge on any atom is 0.224 e. The lowest BCUT2D eigenvalue weighted by Crippen LogP contribution is -2.43.